The van der Waals surface area contributed by atoms with Gasteiger partial charge in [0.15, 0.2) is 5.96 Å². The molecule has 1 aromatic rings. The number of aliphatic imine (C=N–C) groups is 1. The second kappa shape index (κ2) is 13.4. The van der Waals surface area contributed by atoms with E-state index >= 15 is 0 Å². The van der Waals surface area contributed by atoms with E-state index in [1.165, 1.54) is 5.56 Å². The van der Waals surface area contributed by atoms with E-state index in [-0.39, 0.29) is 0 Å². The summed E-state index contributed by atoms with van der Waals surface area (Å²) in [4.78, 5) is 6.56. The highest BCUT2D eigenvalue weighted by atomic mass is 16.5. The van der Waals surface area contributed by atoms with E-state index < -0.39 is 0 Å². The summed E-state index contributed by atoms with van der Waals surface area (Å²) >= 11 is 0. The van der Waals surface area contributed by atoms with Gasteiger partial charge in [0.1, 0.15) is 5.75 Å². The highest BCUT2D eigenvalue weighted by Crippen LogP contribution is 2.13. The molecule has 0 unspecified atom stereocenters. The number of guanidine groups is 1. The van der Waals surface area contributed by atoms with Gasteiger partial charge in [-0.15, -0.1) is 0 Å². The third-order valence-corrected chi connectivity index (χ3v) is 3.86. The van der Waals surface area contributed by atoms with E-state index in [0.29, 0.717) is 5.92 Å². The monoisotopic (exact) mass is 364 g/mol. The van der Waals surface area contributed by atoms with Crippen molar-refractivity contribution in [1.29, 1.82) is 0 Å². The van der Waals surface area contributed by atoms with Crippen molar-refractivity contribution in [2.24, 2.45) is 10.9 Å². The van der Waals surface area contributed by atoms with Gasteiger partial charge in [-0.1, -0.05) is 26.0 Å². The lowest BCUT2D eigenvalue weighted by molar-refractivity contribution is 0.180. The van der Waals surface area contributed by atoms with Crippen LogP contribution in [0.1, 0.15) is 25.8 Å². The number of methoxy groups -OCH3 is 1. The van der Waals surface area contributed by atoms with Crippen LogP contribution in [0, 0.1) is 5.92 Å². The van der Waals surface area contributed by atoms with Gasteiger partial charge in [-0.05, 0) is 37.1 Å². The van der Waals surface area contributed by atoms with Crippen LogP contribution in [0.25, 0.3) is 0 Å². The smallest absolute Gasteiger partial charge is 0.191 e. The molecule has 0 aliphatic rings. The van der Waals surface area contributed by atoms with Gasteiger partial charge in [-0.25, -0.2) is 0 Å². The molecule has 2 N–H and O–H groups in total. The summed E-state index contributed by atoms with van der Waals surface area (Å²) in [6.07, 6.45) is 1.05. The van der Waals surface area contributed by atoms with Crippen molar-refractivity contribution in [3.05, 3.63) is 29.8 Å². The average Bonchev–Trinajstić information content (AvgIpc) is 2.63. The molecule has 6 nitrogen and oxygen atoms in total. The first kappa shape index (κ1) is 22.3. The number of nitrogens with zero attached hydrogens (tertiary/aromatic N) is 2. The maximum Gasteiger partial charge on any atom is 0.191 e. The zero-order chi connectivity index (χ0) is 19.2. The van der Waals surface area contributed by atoms with Gasteiger partial charge in [0.2, 0.25) is 0 Å². The standard InChI is InChI=1S/C20H36N4O2/c1-17(2)16-26-19-9-7-18(8-10-19)15-23-20(21-3)22-11-13-24(4)12-6-14-25-5/h7-10,17H,6,11-16H2,1-5H3,(H2,21,22,23). The number of hydrogen-bond acceptors (Lipinski definition) is 4. The third kappa shape index (κ3) is 10.3. The predicted molar refractivity (Wildman–Crippen MR) is 109 cm³/mol. The van der Waals surface area contributed by atoms with Crippen molar-refractivity contribution < 1.29 is 9.47 Å². The molecule has 0 saturated carbocycles. The topological polar surface area (TPSA) is 58.1 Å². The molecule has 0 spiro atoms. The van der Waals surface area contributed by atoms with Gasteiger partial charge in [0.25, 0.3) is 0 Å². The van der Waals surface area contributed by atoms with Gasteiger partial charge >= 0.3 is 0 Å². The van der Waals surface area contributed by atoms with Crippen LogP contribution < -0.4 is 15.4 Å². The summed E-state index contributed by atoms with van der Waals surface area (Å²) in [6.45, 7) is 9.43. The molecule has 0 bridgehead atoms. The second-order valence-electron chi connectivity index (χ2n) is 6.85. The largest absolute Gasteiger partial charge is 0.493 e. The Kier molecular flexibility index (Phi) is 11.5. The van der Waals surface area contributed by atoms with E-state index in [4.69, 9.17) is 9.47 Å². The molecule has 0 heterocycles. The summed E-state index contributed by atoms with van der Waals surface area (Å²) in [5.74, 6) is 2.27. The third-order valence-electron chi connectivity index (χ3n) is 3.86. The van der Waals surface area contributed by atoms with Crippen LogP contribution in [0.4, 0.5) is 0 Å². The van der Waals surface area contributed by atoms with Crippen LogP contribution in [-0.2, 0) is 11.3 Å². The molecule has 0 fully saturated rings. The molecular formula is C20H36N4O2. The molecule has 1 rings (SSSR count). The lowest BCUT2D eigenvalue weighted by atomic mass is 10.2. The first-order valence-corrected chi connectivity index (χ1v) is 9.39. The molecule has 0 radical (unpaired) electrons. The molecular weight excluding hydrogens is 328 g/mol. The van der Waals surface area contributed by atoms with Gasteiger partial charge in [-0.3, -0.25) is 4.99 Å². The van der Waals surface area contributed by atoms with Crippen molar-refractivity contribution >= 4 is 5.96 Å². The number of likely N-dealkylation sites (N-methyl/N-ethyl adjacent to an activating group) is 1. The van der Waals surface area contributed by atoms with Gasteiger partial charge in [0.05, 0.1) is 6.61 Å². The molecule has 0 aromatic heterocycles. The van der Waals surface area contributed by atoms with Crippen molar-refractivity contribution in [3.8, 4) is 5.75 Å². The predicted octanol–water partition coefficient (Wildman–Crippen LogP) is 2.35. The highest BCUT2D eigenvalue weighted by Gasteiger charge is 2.02. The number of rotatable bonds is 12. The Morgan fingerprint density at radius 1 is 1.15 bits per heavy atom. The quantitative estimate of drug-likeness (QED) is 0.339. The summed E-state index contributed by atoms with van der Waals surface area (Å²) < 4.78 is 10.8. The highest BCUT2D eigenvalue weighted by molar-refractivity contribution is 5.79. The van der Waals surface area contributed by atoms with Crippen LogP contribution in [0.2, 0.25) is 0 Å². The minimum absolute atomic E-state index is 0.532. The minimum Gasteiger partial charge on any atom is -0.493 e. The van der Waals surface area contributed by atoms with Crippen molar-refractivity contribution in [2.45, 2.75) is 26.8 Å². The molecule has 26 heavy (non-hydrogen) atoms. The van der Waals surface area contributed by atoms with Gasteiger partial charge in [0, 0.05) is 46.9 Å². The molecule has 0 aliphatic carbocycles. The molecule has 0 amide bonds. The maximum absolute atomic E-state index is 5.71. The van der Waals surface area contributed by atoms with Gasteiger partial charge in [-0.2, -0.15) is 0 Å². The molecule has 6 heteroatoms. The van der Waals surface area contributed by atoms with E-state index in [2.05, 4.69) is 53.6 Å². The van der Waals surface area contributed by atoms with E-state index in [9.17, 15) is 0 Å². The summed E-state index contributed by atoms with van der Waals surface area (Å²) in [5.41, 5.74) is 1.20. The molecule has 1 aromatic carbocycles. The lowest BCUT2D eigenvalue weighted by Crippen LogP contribution is -2.40. The maximum atomic E-state index is 5.71. The minimum atomic E-state index is 0.532. The van der Waals surface area contributed by atoms with Crippen LogP contribution in [0.5, 0.6) is 5.75 Å². The van der Waals surface area contributed by atoms with Crippen LogP contribution in [-0.4, -0.2) is 64.9 Å². The van der Waals surface area contributed by atoms with Crippen molar-refractivity contribution in [1.82, 2.24) is 15.5 Å². The molecule has 0 atom stereocenters. The Bertz CT molecular complexity index is 503. The van der Waals surface area contributed by atoms with Crippen LogP contribution in [0.15, 0.2) is 29.3 Å². The Hall–Kier alpha value is -1.79. The number of nitrogens with one attached hydrogen (secondary N) is 2. The van der Waals surface area contributed by atoms with Crippen LogP contribution in [0.3, 0.4) is 0 Å². The first-order chi connectivity index (χ1) is 12.5. The lowest BCUT2D eigenvalue weighted by Gasteiger charge is -2.18. The van der Waals surface area contributed by atoms with E-state index in [0.717, 1.165) is 57.5 Å². The zero-order valence-electron chi connectivity index (χ0n) is 17.0. The molecule has 148 valence electrons. The van der Waals surface area contributed by atoms with E-state index in [1.54, 1.807) is 14.2 Å². The van der Waals surface area contributed by atoms with Crippen molar-refractivity contribution in [2.75, 3.05) is 54.1 Å². The number of ether oxygens (including phenoxy) is 2. The number of hydrogen-bond donors (Lipinski definition) is 2. The fraction of sp³-hybridized carbons (Fsp3) is 0.650. The van der Waals surface area contributed by atoms with Crippen molar-refractivity contribution in [3.63, 3.8) is 0 Å². The Balaban J connectivity index is 2.27. The van der Waals surface area contributed by atoms with E-state index in [1.807, 2.05) is 12.1 Å². The average molecular weight is 365 g/mol. The Labute approximate surface area is 159 Å². The fourth-order valence-electron chi connectivity index (χ4n) is 2.33. The van der Waals surface area contributed by atoms with Crippen LogP contribution >= 0.6 is 0 Å². The van der Waals surface area contributed by atoms with Gasteiger partial charge < -0.3 is 25.0 Å². The normalized spacial score (nSPS) is 11.9. The first-order valence-electron chi connectivity index (χ1n) is 9.39. The fourth-order valence-corrected chi connectivity index (χ4v) is 2.33. The summed E-state index contributed by atoms with van der Waals surface area (Å²) in [5, 5.41) is 6.69. The SMILES string of the molecule is CN=C(NCCN(C)CCCOC)NCc1ccc(OCC(C)C)cc1. The second-order valence-corrected chi connectivity index (χ2v) is 6.85. The Morgan fingerprint density at radius 3 is 2.50 bits per heavy atom. The summed E-state index contributed by atoms with van der Waals surface area (Å²) in [6, 6.07) is 8.20. The summed E-state index contributed by atoms with van der Waals surface area (Å²) in [7, 11) is 5.65. The zero-order valence-corrected chi connectivity index (χ0v) is 17.0. The Morgan fingerprint density at radius 2 is 1.88 bits per heavy atom. The molecule has 0 aliphatic heterocycles. The molecule has 0 saturated heterocycles. The number of benzene rings is 1.